The number of halogens is 2. The van der Waals surface area contributed by atoms with Gasteiger partial charge in [-0.1, -0.05) is 44.2 Å². The van der Waals surface area contributed by atoms with E-state index in [4.69, 9.17) is 5.73 Å². The van der Waals surface area contributed by atoms with E-state index >= 15 is 0 Å². The first-order valence-corrected chi connectivity index (χ1v) is 9.60. The van der Waals surface area contributed by atoms with Gasteiger partial charge in [0.15, 0.2) is 5.65 Å². The lowest BCUT2D eigenvalue weighted by Crippen LogP contribution is -2.35. The maximum absolute atomic E-state index is 13.0. The van der Waals surface area contributed by atoms with Gasteiger partial charge in [-0.2, -0.15) is 0 Å². The second-order valence-corrected chi connectivity index (χ2v) is 7.18. The Kier molecular flexibility index (Phi) is 9.42. The Hall–Kier alpha value is -2.68. The van der Waals surface area contributed by atoms with E-state index in [0.29, 0.717) is 12.2 Å². The van der Waals surface area contributed by atoms with Crippen LogP contribution in [0.5, 0.6) is 0 Å². The molecule has 2 aromatic heterocycles. The zero-order chi connectivity index (χ0) is 21.1. The number of amides is 1. The van der Waals surface area contributed by atoms with Gasteiger partial charge in [-0.25, -0.2) is 9.78 Å². The summed E-state index contributed by atoms with van der Waals surface area (Å²) < 4.78 is 1.36. The second kappa shape index (κ2) is 11.1. The van der Waals surface area contributed by atoms with Gasteiger partial charge in [0.2, 0.25) is 0 Å². The molecule has 0 aliphatic carbocycles. The van der Waals surface area contributed by atoms with Gasteiger partial charge in [0.05, 0.1) is 10.9 Å². The van der Waals surface area contributed by atoms with Crippen molar-refractivity contribution >= 4 is 41.8 Å². The van der Waals surface area contributed by atoms with Crippen LogP contribution in [0.25, 0.3) is 11.0 Å². The normalized spacial score (nSPS) is 11.5. The number of nitrogens with zero attached hydrogens (tertiary/aromatic N) is 2. The van der Waals surface area contributed by atoms with Gasteiger partial charge in [-0.15, -0.1) is 24.8 Å². The quantitative estimate of drug-likeness (QED) is 0.513. The Balaban J connectivity index is 0.00000240. The number of aryl methyl sites for hydroxylation is 1. The van der Waals surface area contributed by atoms with Crippen LogP contribution in [0.3, 0.4) is 0 Å². The number of hydrogen-bond donors (Lipinski definition) is 3. The summed E-state index contributed by atoms with van der Waals surface area (Å²) in [7, 11) is 0. The van der Waals surface area contributed by atoms with Gasteiger partial charge in [0.25, 0.3) is 11.5 Å². The third kappa shape index (κ3) is 5.52. The number of pyridine rings is 1. The van der Waals surface area contributed by atoms with Crippen LogP contribution >= 0.6 is 24.8 Å². The number of nitrogens with one attached hydrogen (secondary N) is 2. The van der Waals surface area contributed by atoms with Gasteiger partial charge in [0, 0.05) is 24.8 Å². The Bertz CT molecular complexity index is 1160. The molecule has 31 heavy (non-hydrogen) atoms. The first-order chi connectivity index (χ1) is 13.8. The lowest BCUT2D eigenvalue weighted by atomic mass is 10.0. The van der Waals surface area contributed by atoms with Gasteiger partial charge < -0.3 is 11.1 Å². The molecule has 2 heterocycles. The molecule has 0 aliphatic heterocycles. The van der Waals surface area contributed by atoms with Crippen LogP contribution < -0.4 is 22.3 Å². The van der Waals surface area contributed by atoms with Gasteiger partial charge in [0.1, 0.15) is 0 Å². The highest BCUT2D eigenvalue weighted by Crippen LogP contribution is 2.20. The summed E-state index contributed by atoms with van der Waals surface area (Å²) in [6.07, 6.45) is 0. The summed E-state index contributed by atoms with van der Waals surface area (Å²) in [6, 6.07) is 10.7. The van der Waals surface area contributed by atoms with Crippen molar-refractivity contribution in [2.45, 2.75) is 39.3 Å². The Labute approximate surface area is 192 Å². The highest BCUT2D eigenvalue weighted by atomic mass is 35.5. The minimum Gasteiger partial charge on any atom is -0.350 e. The Morgan fingerprint density at radius 1 is 1.19 bits per heavy atom. The maximum atomic E-state index is 13.0. The molecule has 1 atom stereocenters. The van der Waals surface area contributed by atoms with Crippen molar-refractivity contribution in [3.05, 3.63) is 74.1 Å². The molecule has 0 saturated carbocycles. The molecule has 0 saturated heterocycles. The maximum Gasteiger partial charge on any atom is 0.329 e. The summed E-state index contributed by atoms with van der Waals surface area (Å²) in [6.45, 7) is 6.17. The van der Waals surface area contributed by atoms with Crippen molar-refractivity contribution in [3.8, 4) is 0 Å². The monoisotopic (exact) mass is 467 g/mol. The number of carbonyl (C=O) groups is 1. The predicted molar refractivity (Wildman–Crippen MR) is 127 cm³/mol. The first-order valence-electron chi connectivity index (χ1n) is 9.60. The molecular weight excluding hydrogens is 441 g/mol. The molecule has 0 fully saturated rings. The van der Waals surface area contributed by atoms with Crippen molar-refractivity contribution in [1.82, 2.24) is 19.9 Å². The van der Waals surface area contributed by atoms with E-state index in [1.54, 1.807) is 13.0 Å². The van der Waals surface area contributed by atoms with Crippen molar-refractivity contribution in [3.63, 3.8) is 0 Å². The van der Waals surface area contributed by atoms with Crippen LogP contribution in [-0.4, -0.2) is 27.0 Å². The fraction of sp³-hybridized carbons (Fsp3) is 0.333. The molecule has 0 aliphatic rings. The standard InChI is InChI=1S/C21H25N5O3.2ClH/c1-4-26-18-17(20(28)25-21(26)29)14(10-16(24-18)12(2)3)19(27)23-11-15(22)13-8-6-5-7-9-13;;/h5-10,12,15H,4,11,22H2,1-3H3,(H,23,27)(H,25,28,29);2*1H. The number of rotatable bonds is 6. The number of aromatic nitrogens is 3. The highest BCUT2D eigenvalue weighted by Gasteiger charge is 2.20. The number of aromatic amines is 1. The number of benzene rings is 1. The molecule has 0 spiro atoms. The molecule has 0 radical (unpaired) electrons. The van der Waals surface area contributed by atoms with Crippen LogP contribution in [0, 0.1) is 0 Å². The van der Waals surface area contributed by atoms with Crippen LogP contribution in [0.4, 0.5) is 0 Å². The number of H-pyrrole nitrogens is 1. The van der Waals surface area contributed by atoms with Crippen molar-refractivity contribution in [2.24, 2.45) is 5.73 Å². The predicted octanol–water partition coefficient (Wildman–Crippen LogP) is 2.50. The Morgan fingerprint density at radius 2 is 1.84 bits per heavy atom. The first kappa shape index (κ1) is 26.4. The summed E-state index contributed by atoms with van der Waals surface area (Å²) >= 11 is 0. The summed E-state index contributed by atoms with van der Waals surface area (Å²) in [5.74, 6) is -0.422. The fourth-order valence-electron chi connectivity index (χ4n) is 3.18. The van der Waals surface area contributed by atoms with Crippen molar-refractivity contribution in [2.75, 3.05) is 6.54 Å². The molecule has 4 N–H and O–H groups in total. The average Bonchev–Trinajstić information content (AvgIpc) is 2.71. The molecule has 1 unspecified atom stereocenters. The number of fused-ring (bicyclic) bond motifs is 1. The molecule has 1 amide bonds. The Morgan fingerprint density at radius 3 is 2.42 bits per heavy atom. The number of hydrogen-bond acceptors (Lipinski definition) is 5. The average molecular weight is 468 g/mol. The zero-order valence-corrected chi connectivity index (χ0v) is 19.2. The third-order valence-electron chi connectivity index (χ3n) is 4.83. The summed E-state index contributed by atoms with van der Waals surface area (Å²) in [5.41, 5.74) is 6.91. The van der Waals surface area contributed by atoms with Crippen LogP contribution in [0.1, 0.15) is 54.3 Å². The smallest absolute Gasteiger partial charge is 0.329 e. The number of nitrogens with two attached hydrogens (primary N) is 1. The van der Waals surface area contributed by atoms with Crippen molar-refractivity contribution < 1.29 is 4.79 Å². The van der Waals surface area contributed by atoms with Crippen LogP contribution in [0.15, 0.2) is 46.0 Å². The molecule has 168 valence electrons. The van der Waals surface area contributed by atoms with E-state index < -0.39 is 17.2 Å². The minimum atomic E-state index is -0.630. The molecule has 3 aromatic rings. The topological polar surface area (TPSA) is 123 Å². The summed E-state index contributed by atoms with van der Waals surface area (Å²) in [4.78, 5) is 44.4. The zero-order valence-electron chi connectivity index (χ0n) is 17.5. The second-order valence-electron chi connectivity index (χ2n) is 7.18. The van der Waals surface area contributed by atoms with Crippen molar-refractivity contribution in [1.29, 1.82) is 0 Å². The van der Waals surface area contributed by atoms with E-state index in [9.17, 15) is 14.4 Å². The fourth-order valence-corrected chi connectivity index (χ4v) is 3.18. The molecule has 1 aromatic carbocycles. The van der Waals surface area contributed by atoms with E-state index in [0.717, 1.165) is 5.56 Å². The highest BCUT2D eigenvalue weighted by molar-refractivity contribution is 6.05. The number of carbonyl (C=O) groups excluding carboxylic acids is 1. The van der Waals surface area contributed by atoms with E-state index in [1.807, 2.05) is 44.2 Å². The van der Waals surface area contributed by atoms with E-state index in [1.165, 1.54) is 4.57 Å². The largest absolute Gasteiger partial charge is 0.350 e. The molecule has 3 rings (SSSR count). The van der Waals surface area contributed by atoms with E-state index in [-0.39, 0.29) is 59.9 Å². The van der Waals surface area contributed by atoms with Gasteiger partial charge >= 0.3 is 5.69 Å². The van der Waals surface area contributed by atoms with Gasteiger partial charge in [-0.3, -0.25) is 19.1 Å². The summed E-state index contributed by atoms with van der Waals surface area (Å²) in [5, 5.41) is 2.90. The van der Waals surface area contributed by atoms with Crippen LogP contribution in [-0.2, 0) is 6.54 Å². The van der Waals surface area contributed by atoms with Gasteiger partial charge in [-0.05, 0) is 24.5 Å². The molecular formula is C21H27Cl2N5O3. The van der Waals surface area contributed by atoms with Crippen LogP contribution in [0.2, 0.25) is 0 Å². The lowest BCUT2D eigenvalue weighted by Gasteiger charge is -2.16. The lowest BCUT2D eigenvalue weighted by molar-refractivity contribution is 0.0952. The molecule has 0 bridgehead atoms. The third-order valence-corrected chi connectivity index (χ3v) is 4.83. The molecule has 8 nitrogen and oxygen atoms in total. The molecule has 10 heteroatoms. The van der Waals surface area contributed by atoms with E-state index in [2.05, 4.69) is 15.3 Å². The minimum absolute atomic E-state index is 0. The SMILES string of the molecule is CCn1c(=O)[nH]c(=O)c2c(C(=O)NCC(N)c3ccccc3)cc(C(C)C)nc21.Cl.Cl.